The molecule has 1 rings (SSSR count). The van der Waals surface area contributed by atoms with Crippen LogP contribution in [0.25, 0.3) is 0 Å². The molecule has 0 bridgehead atoms. The number of ether oxygens (including phenoxy) is 1. The minimum atomic E-state index is -0.256. The molecule has 2 nitrogen and oxygen atoms in total. The van der Waals surface area contributed by atoms with E-state index in [0.29, 0.717) is 12.2 Å². The van der Waals surface area contributed by atoms with Crippen molar-refractivity contribution < 1.29 is 46.8 Å². The molecule has 82 valence electrons. The summed E-state index contributed by atoms with van der Waals surface area (Å²) in [7, 11) is 0. The molecule has 0 aromatic heterocycles. The van der Waals surface area contributed by atoms with Crippen LogP contribution in [0.4, 0.5) is 0 Å². The summed E-state index contributed by atoms with van der Waals surface area (Å²) in [6.45, 7) is 2.22. The van der Waals surface area contributed by atoms with Gasteiger partial charge in [-0.25, -0.2) is 4.79 Å². The van der Waals surface area contributed by atoms with Gasteiger partial charge in [-0.1, -0.05) is 18.2 Å². The van der Waals surface area contributed by atoms with Gasteiger partial charge in [0.15, 0.2) is 0 Å². The number of hydrogen-bond acceptors (Lipinski definition) is 2. The molecule has 0 radical (unpaired) electrons. The molecule has 0 unspecified atom stereocenters. The SMILES string of the molecule is CCOC(=O)c1ccccc1.[Al+3].[Cl-].[Cl-].[Cl-]. The molecule has 6 heteroatoms. The van der Waals surface area contributed by atoms with Gasteiger partial charge in [0, 0.05) is 0 Å². The Balaban J connectivity index is -0.000000151. The first-order valence-electron chi connectivity index (χ1n) is 3.56. The van der Waals surface area contributed by atoms with Crippen LogP contribution in [0.3, 0.4) is 0 Å². The summed E-state index contributed by atoms with van der Waals surface area (Å²) < 4.78 is 4.79. The summed E-state index contributed by atoms with van der Waals surface area (Å²) in [5, 5.41) is 0. The first kappa shape index (κ1) is 24.4. The Bertz CT molecular complexity index is 244. The Hall–Kier alpha value is 0.0925. The summed E-state index contributed by atoms with van der Waals surface area (Å²) in [6, 6.07) is 8.96. The van der Waals surface area contributed by atoms with Crippen molar-refractivity contribution in [1.82, 2.24) is 0 Å². The van der Waals surface area contributed by atoms with Gasteiger partial charge in [-0.3, -0.25) is 0 Å². The van der Waals surface area contributed by atoms with Crippen molar-refractivity contribution in [3.05, 3.63) is 35.9 Å². The van der Waals surface area contributed by atoms with Crippen molar-refractivity contribution in [2.75, 3.05) is 6.61 Å². The van der Waals surface area contributed by atoms with E-state index in [9.17, 15) is 4.79 Å². The molecule has 0 aliphatic carbocycles. The van der Waals surface area contributed by atoms with Gasteiger partial charge in [0.2, 0.25) is 0 Å². The Morgan fingerprint density at radius 1 is 1.13 bits per heavy atom. The summed E-state index contributed by atoms with van der Waals surface area (Å²) in [5.41, 5.74) is 0.606. The van der Waals surface area contributed by atoms with Crippen LogP contribution in [0.1, 0.15) is 17.3 Å². The van der Waals surface area contributed by atoms with Gasteiger partial charge in [0.1, 0.15) is 0 Å². The van der Waals surface area contributed by atoms with Gasteiger partial charge in [0.05, 0.1) is 12.2 Å². The number of rotatable bonds is 2. The van der Waals surface area contributed by atoms with Gasteiger partial charge in [-0.2, -0.15) is 0 Å². The Kier molecular flexibility index (Phi) is 22.9. The van der Waals surface area contributed by atoms with Gasteiger partial charge < -0.3 is 42.0 Å². The van der Waals surface area contributed by atoms with E-state index in [-0.39, 0.29) is 60.6 Å². The first-order chi connectivity index (χ1) is 5.34. The summed E-state index contributed by atoms with van der Waals surface area (Å²) in [6.07, 6.45) is 0. The van der Waals surface area contributed by atoms with Crippen LogP contribution < -0.4 is 37.2 Å². The third kappa shape index (κ3) is 9.05. The van der Waals surface area contributed by atoms with Crippen molar-refractivity contribution >= 4 is 23.3 Å². The Morgan fingerprint density at radius 2 is 1.60 bits per heavy atom. The van der Waals surface area contributed by atoms with Crippen molar-refractivity contribution in [1.29, 1.82) is 0 Å². The molecule has 0 N–H and O–H groups in total. The molecule has 0 fully saturated rings. The minimum absolute atomic E-state index is 0. The first-order valence-corrected chi connectivity index (χ1v) is 3.56. The fourth-order valence-electron chi connectivity index (χ4n) is 0.789. The number of halogens is 3. The zero-order valence-electron chi connectivity index (χ0n) is 8.12. The van der Waals surface area contributed by atoms with E-state index in [4.69, 9.17) is 4.74 Å². The minimum Gasteiger partial charge on any atom is -1.00 e. The molecular formula is C9H10AlCl3O2. The van der Waals surface area contributed by atoms with E-state index in [2.05, 4.69) is 0 Å². The molecule has 0 saturated carbocycles. The van der Waals surface area contributed by atoms with Crippen LogP contribution in [0.2, 0.25) is 0 Å². The number of esters is 1. The zero-order chi connectivity index (χ0) is 8.10. The maximum atomic E-state index is 11.0. The van der Waals surface area contributed by atoms with Crippen molar-refractivity contribution in [2.45, 2.75) is 6.92 Å². The van der Waals surface area contributed by atoms with Crippen molar-refractivity contribution in [2.24, 2.45) is 0 Å². The molecule has 1 aromatic rings. The second-order valence-corrected chi connectivity index (χ2v) is 2.09. The largest absolute Gasteiger partial charge is 3.00 e. The third-order valence-corrected chi connectivity index (χ3v) is 1.28. The van der Waals surface area contributed by atoms with Crippen LogP contribution in [0, 0.1) is 0 Å². The summed E-state index contributed by atoms with van der Waals surface area (Å²) >= 11 is 0. The Labute approximate surface area is 119 Å². The molecule has 0 amide bonds. The zero-order valence-corrected chi connectivity index (χ0v) is 11.5. The standard InChI is InChI=1S/C9H10O2.Al.3ClH/c1-2-11-9(10)8-6-4-3-5-7-8;;;;/h3-7H,2H2,1H3;;3*1H/q;+3;;;/p-3. The smallest absolute Gasteiger partial charge is 1.00 e. The molecule has 0 aliphatic rings. The normalized spacial score (nSPS) is 6.73. The van der Waals surface area contributed by atoms with Gasteiger partial charge >= 0.3 is 23.3 Å². The van der Waals surface area contributed by atoms with E-state index in [1.807, 2.05) is 18.2 Å². The van der Waals surface area contributed by atoms with Crippen molar-refractivity contribution in [3.8, 4) is 0 Å². The molecule has 0 atom stereocenters. The fraction of sp³-hybridized carbons (Fsp3) is 0.222. The predicted molar refractivity (Wildman–Crippen MR) is 48.2 cm³/mol. The van der Waals surface area contributed by atoms with Crippen LogP contribution in [-0.2, 0) is 4.74 Å². The maximum absolute atomic E-state index is 11.0. The van der Waals surface area contributed by atoms with Gasteiger partial charge in [-0.15, -0.1) is 0 Å². The van der Waals surface area contributed by atoms with Crippen LogP contribution >= 0.6 is 0 Å². The quantitative estimate of drug-likeness (QED) is 0.398. The molecule has 0 aliphatic heterocycles. The second-order valence-electron chi connectivity index (χ2n) is 2.09. The van der Waals surface area contributed by atoms with E-state index >= 15 is 0 Å². The molecule has 0 spiro atoms. The van der Waals surface area contributed by atoms with Crippen molar-refractivity contribution in [3.63, 3.8) is 0 Å². The Morgan fingerprint density at radius 3 is 2.00 bits per heavy atom. The number of carbonyl (C=O) groups excluding carboxylic acids is 1. The fourth-order valence-corrected chi connectivity index (χ4v) is 0.789. The van der Waals surface area contributed by atoms with E-state index in [0.717, 1.165) is 0 Å². The molecule has 15 heavy (non-hydrogen) atoms. The maximum Gasteiger partial charge on any atom is 3.00 e. The summed E-state index contributed by atoms with van der Waals surface area (Å²) in [5.74, 6) is -0.256. The average Bonchev–Trinajstić information content (AvgIpc) is 2.07. The topological polar surface area (TPSA) is 26.3 Å². The third-order valence-electron chi connectivity index (χ3n) is 1.28. The van der Waals surface area contributed by atoms with Crippen LogP contribution in [0.5, 0.6) is 0 Å². The summed E-state index contributed by atoms with van der Waals surface area (Å²) in [4.78, 5) is 11.0. The molecule has 1 aromatic carbocycles. The van der Waals surface area contributed by atoms with Gasteiger partial charge in [-0.05, 0) is 19.1 Å². The molecular weight excluding hydrogens is 273 g/mol. The monoisotopic (exact) mass is 282 g/mol. The van der Waals surface area contributed by atoms with Crippen LogP contribution in [0.15, 0.2) is 30.3 Å². The second kappa shape index (κ2) is 14.1. The van der Waals surface area contributed by atoms with E-state index in [1.165, 1.54) is 0 Å². The number of carbonyl (C=O) groups is 1. The number of hydrogen-bond donors (Lipinski definition) is 0. The number of benzene rings is 1. The molecule has 0 saturated heterocycles. The van der Waals surface area contributed by atoms with Gasteiger partial charge in [0.25, 0.3) is 0 Å². The average molecular weight is 284 g/mol. The molecule has 0 heterocycles. The van der Waals surface area contributed by atoms with E-state index < -0.39 is 0 Å². The predicted octanol–water partition coefficient (Wildman–Crippen LogP) is -7.51. The van der Waals surface area contributed by atoms with Crippen LogP contribution in [-0.4, -0.2) is 29.9 Å². The van der Waals surface area contributed by atoms with E-state index in [1.54, 1.807) is 19.1 Å².